The maximum Gasteiger partial charge on any atom is 0.419 e. The van der Waals surface area contributed by atoms with Crippen LogP contribution >= 0.6 is 0 Å². The topological polar surface area (TPSA) is 58.6 Å². The molecule has 2 aromatic carbocycles. The molecule has 0 saturated heterocycles. The standard InChI is InChI=1S/C21H22F3NO3/c1-4-28-17-8-6-13(10-16(17)21(22,23)24)12-5-7-15-14(9-12)11-20(2,3)18(15)25-19(26)27/h5-10,18,25H,4,11H2,1-3H3,(H,26,27). The summed E-state index contributed by atoms with van der Waals surface area (Å²) in [6, 6.07) is 9.05. The molecule has 7 heteroatoms. The zero-order valence-corrected chi connectivity index (χ0v) is 15.9. The van der Waals surface area contributed by atoms with Gasteiger partial charge in [-0.15, -0.1) is 0 Å². The average Bonchev–Trinajstić information content (AvgIpc) is 2.83. The van der Waals surface area contributed by atoms with Gasteiger partial charge < -0.3 is 15.2 Å². The van der Waals surface area contributed by atoms with E-state index in [-0.39, 0.29) is 23.8 Å². The molecule has 0 radical (unpaired) electrons. The third-order valence-corrected chi connectivity index (χ3v) is 5.07. The van der Waals surface area contributed by atoms with E-state index in [0.717, 1.165) is 17.2 Å². The van der Waals surface area contributed by atoms with E-state index in [0.29, 0.717) is 17.5 Å². The van der Waals surface area contributed by atoms with E-state index in [9.17, 15) is 18.0 Å². The molecule has 4 nitrogen and oxygen atoms in total. The summed E-state index contributed by atoms with van der Waals surface area (Å²) in [5, 5.41) is 11.7. The summed E-state index contributed by atoms with van der Waals surface area (Å²) in [5.74, 6) is -0.188. The lowest BCUT2D eigenvalue weighted by atomic mass is 9.85. The zero-order chi connectivity index (χ0) is 20.7. The Morgan fingerprint density at radius 2 is 1.86 bits per heavy atom. The van der Waals surface area contributed by atoms with Gasteiger partial charge in [0.1, 0.15) is 5.75 Å². The van der Waals surface area contributed by atoms with Crippen LogP contribution in [0.15, 0.2) is 36.4 Å². The second-order valence-corrected chi connectivity index (χ2v) is 7.60. The molecular weight excluding hydrogens is 371 g/mol. The van der Waals surface area contributed by atoms with Gasteiger partial charge in [-0.25, -0.2) is 4.79 Å². The number of rotatable bonds is 4. The van der Waals surface area contributed by atoms with Crippen LogP contribution in [0.25, 0.3) is 11.1 Å². The summed E-state index contributed by atoms with van der Waals surface area (Å²) < 4.78 is 45.4. The molecule has 2 N–H and O–H groups in total. The quantitative estimate of drug-likeness (QED) is 0.704. The van der Waals surface area contributed by atoms with Crippen molar-refractivity contribution in [3.63, 3.8) is 0 Å². The minimum atomic E-state index is -4.52. The molecule has 1 aliphatic rings. The van der Waals surface area contributed by atoms with Crippen LogP contribution in [-0.4, -0.2) is 17.8 Å². The highest BCUT2D eigenvalue weighted by molar-refractivity contribution is 5.69. The highest BCUT2D eigenvalue weighted by Crippen LogP contribution is 2.46. The van der Waals surface area contributed by atoms with Gasteiger partial charge in [0, 0.05) is 0 Å². The van der Waals surface area contributed by atoms with Crippen molar-refractivity contribution in [2.45, 2.75) is 39.4 Å². The minimum Gasteiger partial charge on any atom is -0.493 e. The van der Waals surface area contributed by atoms with E-state index in [1.165, 1.54) is 6.07 Å². The van der Waals surface area contributed by atoms with E-state index in [2.05, 4.69) is 5.32 Å². The molecule has 0 saturated carbocycles. The lowest BCUT2D eigenvalue weighted by Crippen LogP contribution is -2.34. The van der Waals surface area contributed by atoms with E-state index in [1.54, 1.807) is 25.1 Å². The third kappa shape index (κ3) is 3.79. The maximum absolute atomic E-state index is 13.4. The Bertz CT molecular complexity index is 906. The molecule has 1 aliphatic carbocycles. The van der Waals surface area contributed by atoms with Gasteiger partial charge >= 0.3 is 12.3 Å². The van der Waals surface area contributed by atoms with Gasteiger partial charge in [0.05, 0.1) is 18.2 Å². The fourth-order valence-electron chi connectivity index (χ4n) is 3.84. The van der Waals surface area contributed by atoms with E-state index < -0.39 is 17.8 Å². The Morgan fingerprint density at radius 1 is 1.21 bits per heavy atom. The van der Waals surface area contributed by atoms with Crippen molar-refractivity contribution in [2.75, 3.05) is 6.61 Å². The monoisotopic (exact) mass is 393 g/mol. The van der Waals surface area contributed by atoms with Crippen LogP contribution in [0, 0.1) is 5.41 Å². The first-order chi connectivity index (χ1) is 13.0. The molecule has 3 rings (SSSR count). The molecule has 2 aromatic rings. The summed E-state index contributed by atoms with van der Waals surface area (Å²) >= 11 is 0. The third-order valence-electron chi connectivity index (χ3n) is 5.07. The first-order valence-electron chi connectivity index (χ1n) is 8.99. The minimum absolute atomic E-state index is 0.147. The van der Waals surface area contributed by atoms with Crippen molar-refractivity contribution in [1.82, 2.24) is 5.32 Å². The van der Waals surface area contributed by atoms with Crippen molar-refractivity contribution in [3.8, 4) is 16.9 Å². The number of fused-ring (bicyclic) bond motifs is 1. The Kier molecular flexibility index (Phi) is 5.04. The van der Waals surface area contributed by atoms with Crippen LogP contribution < -0.4 is 10.1 Å². The number of nitrogens with one attached hydrogen (secondary N) is 1. The SMILES string of the molecule is CCOc1ccc(-c2ccc3c(c2)CC(C)(C)C3NC(=O)O)cc1C(F)(F)F. The molecule has 0 spiro atoms. The van der Waals surface area contributed by atoms with Crippen LogP contribution in [0.1, 0.15) is 43.5 Å². The second kappa shape index (κ2) is 7.04. The fourth-order valence-corrected chi connectivity index (χ4v) is 3.84. The summed E-state index contributed by atoms with van der Waals surface area (Å²) in [7, 11) is 0. The largest absolute Gasteiger partial charge is 0.493 e. The van der Waals surface area contributed by atoms with Crippen LogP contribution in [0.5, 0.6) is 5.75 Å². The van der Waals surface area contributed by atoms with Crippen LogP contribution in [0.2, 0.25) is 0 Å². The molecule has 0 bridgehead atoms. The number of halogens is 3. The molecule has 1 atom stereocenters. The normalized spacial score (nSPS) is 17.9. The number of carboxylic acid groups (broad SMARTS) is 1. The van der Waals surface area contributed by atoms with E-state index in [4.69, 9.17) is 9.84 Å². The number of hydrogen-bond donors (Lipinski definition) is 2. The first kappa shape index (κ1) is 20.0. The fraction of sp³-hybridized carbons (Fsp3) is 0.381. The van der Waals surface area contributed by atoms with Gasteiger partial charge in [-0.3, -0.25) is 0 Å². The summed E-state index contributed by atoms with van der Waals surface area (Å²) in [6.45, 7) is 5.71. The molecule has 0 heterocycles. The molecule has 0 aliphatic heterocycles. The maximum atomic E-state index is 13.4. The Hall–Kier alpha value is -2.70. The lowest BCUT2D eigenvalue weighted by Gasteiger charge is -2.27. The van der Waals surface area contributed by atoms with Gasteiger partial charge in [0.15, 0.2) is 0 Å². The van der Waals surface area contributed by atoms with Crippen molar-refractivity contribution >= 4 is 6.09 Å². The Balaban J connectivity index is 2.02. The number of carbonyl (C=O) groups is 1. The Morgan fingerprint density at radius 3 is 2.46 bits per heavy atom. The highest BCUT2D eigenvalue weighted by atomic mass is 19.4. The average molecular weight is 393 g/mol. The molecule has 1 unspecified atom stereocenters. The van der Waals surface area contributed by atoms with Crippen molar-refractivity contribution in [1.29, 1.82) is 0 Å². The van der Waals surface area contributed by atoms with Gasteiger partial charge in [-0.2, -0.15) is 13.2 Å². The predicted octanol–water partition coefficient (Wildman–Crippen LogP) is 5.66. The highest BCUT2D eigenvalue weighted by Gasteiger charge is 2.40. The summed E-state index contributed by atoms with van der Waals surface area (Å²) in [4.78, 5) is 11.1. The van der Waals surface area contributed by atoms with Gasteiger partial charge in [-0.05, 0) is 53.1 Å². The van der Waals surface area contributed by atoms with Crippen molar-refractivity contribution in [3.05, 3.63) is 53.1 Å². The smallest absolute Gasteiger partial charge is 0.419 e. The molecule has 28 heavy (non-hydrogen) atoms. The van der Waals surface area contributed by atoms with Crippen LogP contribution in [0.3, 0.4) is 0 Å². The first-order valence-corrected chi connectivity index (χ1v) is 8.99. The number of ether oxygens (including phenoxy) is 1. The number of benzene rings is 2. The number of alkyl halides is 3. The van der Waals surface area contributed by atoms with E-state index >= 15 is 0 Å². The zero-order valence-electron chi connectivity index (χ0n) is 15.9. The predicted molar refractivity (Wildman–Crippen MR) is 99.4 cm³/mol. The summed E-state index contributed by atoms with van der Waals surface area (Å²) in [6.07, 6.45) is -4.99. The van der Waals surface area contributed by atoms with Gasteiger partial charge in [0.2, 0.25) is 0 Å². The van der Waals surface area contributed by atoms with E-state index in [1.807, 2.05) is 19.9 Å². The number of hydrogen-bond acceptors (Lipinski definition) is 2. The number of amides is 1. The van der Waals surface area contributed by atoms with Crippen LogP contribution in [-0.2, 0) is 12.6 Å². The summed E-state index contributed by atoms with van der Waals surface area (Å²) in [5.41, 5.74) is 1.75. The molecule has 150 valence electrons. The Labute approximate surface area is 161 Å². The second-order valence-electron chi connectivity index (χ2n) is 7.60. The molecule has 0 fully saturated rings. The lowest BCUT2D eigenvalue weighted by molar-refractivity contribution is -0.138. The van der Waals surface area contributed by atoms with Crippen LogP contribution in [0.4, 0.5) is 18.0 Å². The van der Waals surface area contributed by atoms with Gasteiger partial charge in [-0.1, -0.05) is 38.1 Å². The molecule has 1 amide bonds. The van der Waals surface area contributed by atoms with Crippen molar-refractivity contribution in [2.24, 2.45) is 5.41 Å². The molecular formula is C21H22F3NO3. The molecule has 0 aromatic heterocycles. The van der Waals surface area contributed by atoms with Crippen molar-refractivity contribution < 1.29 is 27.8 Å². The van der Waals surface area contributed by atoms with Gasteiger partial charge in [0.25, 0.3) is 0 Å².